The summed E-state index contributed by atoms with van der Waals surface area (Å²) in [6.45, 7) is 4.28. The van der Waals surface area contributed by atoms with Crippen molar-refractivity contribution in [3.63, 3.8) is 0 Å². The predicted octanol–water partition coefficient (Wildman–Crippen LogP) is 1.87. The molecular weight excluding hydrogens is 228 g/mol. The summed E-state index contributed by atoms with van der Waals surface area (Å²) in [6, 6.07) is 6.82. The number of phenolic OH excluding ortho intramolecular Hbond substituents is 1. The maximum atomic E-state index is 12.2. The van der Waals surface area contributed by atoms with Crippen molar-refractivity contribution in [2.75, 3.05) is 7.05 Å². The van der Waals surface area contributed by atoms with Gasteiger partial charge in [0.1, 0.15) is 5.75 Å². The number of nitrogens with zero attached hydrogens (tertiary/aromatic N) is 1. The Bertz CT molecular complexity index is 399. The Morgan fingerprint density at radius 1 is 1.39 bits per heavy atom. The molecule has 4 nitrogen and oxygen atoms in total. The molecular formula is C14H22N2O2. The number of rotatable bonds is 5. The fraction of sp³-hybridized carbons (Fsp3) is 0.500. The van der Waals surface area contributed by atoms with Crippen molar-refractivity contribution in [2.45, 2.75) is 38.8 Å². The highest BCUT2D eigenvalue weighted by Gasteiger charge is 2.29. The average Bonchev–Trinajstić information content (AvgIpc) is 2.31. The van der Waals surface area contributed by atoms with E-state index in [1.807, 2.05) is 6.92 Å². The second-order valence-electron chi connectivity index (χ2n) is 5.00. The SMILES string of the molecule is CCCC(C)(N)C(=O)N(C)Cc1ccc(O)cc1. The molecule has 0 saturated carbocycles. The highest BCUT2D eigenvalue weighted by atomic mass is 16.3. The van der Waals surface area contributed by atoms with E-state index in [4.69, 9.17) is 5.73 Å². The van der Waals surface area contributed by atoms with Crippen LogP contribution in [0.1, 0.15) is 32.3 Å². The zero-order chi connectivity index (χ0) is 13.8. The van der Waals surface area contributed by atoms with Gasteiger partial charge in [0, 0.05) is 13.6 Å². The molecule has 100 valence electrons. The molecule has 0 radical (unpaired) electrons. The van der Waals surface area contributed by atoms with Crippen molar-refractivity contribution < 1.29 is 9.90 Å². The van der Waals surface area contributed by atoms with Crippen LogP contribution in [0.4, 0.5) is 0 Å². The lowest BCUT2D eigenvalue weighted by Gasteiger charge is -2.29. The molecule has 0 aromatic heterocycles. The van der Waals surface area contributed by atoms with Gasteiger partial charge in [0.15, 0.2) is 0 Å². The Kier molecular flexibility index (Phi) is 4.73. The topological polar surface area (TPSA) is 66.6 Å². The molecule has 1 atom stereocenters. The number of aromatic hydroxyl groups is 1. The van der Waals surface area contributed by atoms with Gasteiger partial charge >= 0.3 is 0 Å². The lowest BCUT2D eigenvalue weighted by molar-refractivity contribution is -0.135. The van der Waals surface area contributed by atoms with Crippen LogP contribution >= 0.6 is 0 Å². The van der Waals surface area contributed by atoms with Gasteiger partial charge in [-0.3, -0.25) is 4.79 Å². The number of carbonyl (C=O) groups excluding carboxylic acids is 1. The molecule has 0 fully saturated rings. The van der Waals surface area contributed by atoms with E-state index in [0.717, 1.165) is 12.0 Å². The van der Waals surface area contributed by atoms with Crippen LogP contribution in [0.5, 0.6) is 5.75 Å². The fourth-order valence-electron chi connectivity index (χ4n) is 2.01. The summed E-state index contributed by atoms with van der Waals surface area (Å²) >= 11 is 0. The Balaban J connectivity index is 2.67. The first kappa shape index (κ1) is 14.5. The van der Waals surface area contributed by atoms with Crippen LogP contribution in [0.15, 0.2) is 24.3 Å². The molecule has 1 aromatic rings. The van der Waals surface area contributed by atoms with E-state index in [2.05, 4.69) is 0 Å². The smallest absolute Gasteiger partial charge is 0.242 e. The summed E-state index contributed by atoms with van der Waals surface area (Å²) in [5.41, 5.74) is 6.18. The van der Waals surface area contributed by atoms with Gasteiger partial charge in [0.25, 0.3) is 0 Å². The summed E-state index contributed by atoms with van der Waals surface area (Å²) in [5, 5.41) is 9.20. The standard InChI is InChI=1S/C14H22N2O2/c1-4-9-14(2,15)13(18)16(3)10-11-5-7-12(17)8-6-11/h5-8,17H,4,9-10,15H2,1-3H3. The van der Waals surface area contributed by atoms with Gasteiger partial charge in [0.2, 0.25) is 5.91 Å². The predicted molar refractivity (Wildman–Crippen MR) is 72.1 cm³/mol. The molecule has 0 saturated heterocycles. The first-order valence-corrected chi connectivity index (χ1v) is 6.19. The summed E-state index contributed by atoms with van der Waals surface area (Å²) in [6.07, 6.45) is 1.55. The normalized spacial score (nSPS) is 14.0. The van der Waals surface area contributed by atoms with Crippen LogP contribution in [0, 0.1) is 0 Å². The second kappa shape index (κ2) is 5.87. The maximum absolute atomic E-state index is 12.2. The summed E-state index contributed by atoms with van der Waals surface area (Å²) < 4.78 is 0. The van der Waals surface area contributed by atoms with Crippen LogP contribution in [0.25, 0.3) is 0 Å². The van der Waals surface area contributed by atoms with Gasteiger partial charge in [-0.1, -0.05) is 25.5 Å². The second-order valence-corrected chi connectivity index (χ2v) is 5.00. The molecule has 4 heteroatoms. The molecule has 0 bridgehead atoms. The van der Waals surface area contributed by atoms with Gasteiger partial charge < -0.3 is 15.7 Å². The molecule has 0 heterocycles. The van der Waals surface area contributed by atoms with E-state index in [1.165, 1.54) is 0 Å². The molecule has 1 unspecified atom stereocenters. The summed E-state index contributed by atoms with van der Waals surface area (Å²) in [4.78, 5) is 13.8. The van der Waals surface area contributed by atoms with Crippen LogP contribution < -0.4 is 5.73 Å². The Morgan fingerprint density at radius 3 is 2.44 bits per heavy atom. The highest BCUT2D eigenvalue weighted by Crippen LogP contribution is 2.15. The van der Waals surface area contributed by atoms with Crippen molar-refractivity contribution in [1.29, 1.82) is 0 Å². The molecule has 0 aliphatic carbocycles. The van der Waals surface area contributed by atoms with Gasteiger partial charge in [-0.15, -0.1) is 0 Å². The molecule has 1 aromatic carbocycles. The monoisotopic (exact) mass is 250 g/mol. The van der Waals surface area contributed by atoms with E-state index in [-0.39, 0.29) is 11.7 Å². The number of carbonyl (C=O) groups is 1. The third-order valence-electron chi connectivity index (χ3n) is 2.96. The van der Waals surface area contributed by atoms with E-state index in [9.17, 15) is 9.90 Å². The van der Waals surface area contributed by atoms with Gasteiger partial charge in [0.05, 0.1) is 5.54 Å². The van der Waals surface area contributed by atoms with Crippen LogP contribution in [0.3, 0.4) is 0 Å². The van der Waals surface area contributed by atoms with E-state index in [0.29, 0.717) is 13.0 Å². The minimum absolute atomic E-state index is 0.0579. The number of amides is 1. The van der Waals surface area contributed by atoms with Gasteiger partial charge in [-0.25, -0.2) is 0 Å². The van der Waals surface area contributed by atoms with Crippen LogP contribution in [0.2, 0.25) is 0 Å². The quantitative estimate of drug-likeness (QED) is 0.838. The summed E-state index contributed by atoms with van der Waals surface area (Å²) in [5.74, 6) is 0.166. The van der Waals surface area contributed by atoms with E-state index >= 15 is 0 Å². The van der Waals surface area contributed by atoms with Crippen LogP contribution in [-0.4, -0.2) is 28.5 Å². The number of phenols is 1. The van der Waals surface area contributed by atoms with Gasteiger partial charge in [-0.2, -0.15) is 0 Å². The van der Waals surface area contributed by atoms with Gasteiger partial charge in [-0.05, 0) is 31.0 Å². The minimum Gasteiger partial charge on any atom is -0.508 e. The number of hydrogen-bond donors (Lipinski definition) is 2. The highest BCUT2D eigenvalue weighted by molar-refractivity contribution is 5.85. The Morgan fingerprint density at radius 2 is 1.94 bits per heavy atom. The molecule has 0 aliphatic heterocycles. The average molecular weight is 250 g/mol. The lowest BCUT2D eigenvalue weighted by Crippen LogP contribution is -2.51. The van der Waals surface area contributed by atoms with Crippen molar-refractivity contribution in [3.05, 3.63) is 29.8 Å². The van der Waals surface area contributed by atoms with Crippen molar-refractivity contribution in [3.8, 4) is 5.75 Å². The number of benzene rings is 1. The Hall–Kier alpha value is -1.55. The van der Waals surface area contributed by atoms with Crippen LogP contribution in [-0.2, 0) is 11.3 Å². The number of hydrogen-bond acceptors (Lipinski definition) is 3. The number of likely N-dealkylation sites (N-methyl/N-ethyl adjacent to an activating group) is 1. The molecule has 0 aliphatic rings. The third-order valence-corrected chi connectivity index (χ3v) is 2.96. The van der Waals surface area contributed by atoms with E-state index in [1.54, 1.807) is 43.1 Å². The van der Waals surface area contributed by atoms with Crippen molar-refractivity contribution in [2.24, 2.45) is 5.73 Å². The summed E-state index contributed by atoms with van der Waals surface area (Å²) in [7, 11) is 1.75. The third kappa shape index (κ3) is 3.74. The Labute approximate surface area is 108 Å². The minimum atomic E-state index is -0.805. The molecule has 1 rings (SSSR count). The molecule has 1 amide bonds. The molecule has 0 spiro atoms. The first-order valence-electron chi connectivity index (χ1n) is 6.19. The van der Waals surface area contributed by atoms with E-state index < -0.39 is 5.54 Å². The molecule has 18 heavy (non-hydrogen) atoms. The molecule has 3 N–H and O–H groups in total. The first-order chi connectivity index (χ1) is 8.36. The zero-order valence-corrected chi connectivity index (χ0v) is 11.3. The fourth-order valence-corrected chi connectivity index (χ4v) is 2.01. The lowest BCUT2D eigenvalue weighted by atomic mass is 9.96. The van der Waals surface area contributed by atoms with Crippen molar-refractivity contribution in [1.82, 2.24) is 4.90 Å². The largest absolute Gasteiger partial charge is 0.508 e. The zero-order valence-electron chi connectivity index (χ0n) is 11.3. The van der Waals surface area contributed by atoms with Crippen molar-refractivity contribution >= 4 is 5.91 Å². The maximum Gasteiger partial charge on any atom is 0.242 e. The number of nitrogens with two attached hydrogens (primary N) is 1.